The molecular formula is C14H16N4O3S2. The summed E-state index contributed by atoms with van der Waals surface area (Å²) in [6, 6.07) is 3.75. The number of nitrogens with zero attached hydrogens (tertiary/aromatic N) is 4. The fourth-order valence-corrected chi connectivity index (χ4v) is 3.48. The molecule has 1 aromatic carbocycles. The fraction of sp³-hybridized carbons (Fsp3) is 0.357. The topological polar surface area (TPSA) is 70.8 Å². The van der Waals surface area contributed by atoms with Crippen LogP contribution >= 0.6 is 23.1 Å². The largest absolute Gasteiger partial charge is 0.493 e. The predicted octanol–water partition coefficient (Wildman–Crippen LogP) is 2.74. The van der Waals surface area contributed by atoms with Gasteiger partial charge in [0.25, 0.3) is 0 Å². The molecule has 0 amide bonds. The van der Waals surface area contributed by atoms with Crippen molar-refractivity contribution in [3.8, 4) is 27.8 Å². The number of thioether (sulfide) groups is 1. The molecule has 7 nitrogen and oxygen atoms in total. The van der Waals surface area contributed by atoms with E-state index < -0.39 is 0 Å². The normalized spacial score (nSPS) is 11.0. The van der Waals surface area contributed by atoms with E-state index in [9.17, 15) is 0 Å². The Morgan fingerprint density at radius 1 is 1.09 bits per heavy atom. The van der Waals surface area contributed by atoms with Gasteiger partial charge in [0.2, 0.25) is 10.7 Å². The van der Waals surface area contributed by atoms with Gasteiger partial charge in [-0.2, -0.15) is 21.4 Å². The Labute approximate surface area is 141 Å². The lowest BCUT2D eigenvalue weighted by molar-refractivity contribution is 0.324. The highest BCUT2D eigenvalue weighted by atomic mass is 32.2. The van der Waals surface area contributed by atoms with Gasteiger partial charge in [0.05, 0.1) is 27.1 Å². The summed E-state index contributed by atoms with van der Waals surface area (Å²) < 4.78 is 17.9. The minimum Gasteiger partial charge on any atom is -0.493 e. The third kappa shape index (κ3) is 2.81. The van der Waals surface area contributed by atoms with E-state index in [0.717, 1.165) is 27.1 Å². The molecule has 0 aliphatic rings. The number of hydrogen-bond donors (Lipinski definition) is 0. The van der Waals surface area contributed by atoms with Crippen LogP contribution in [0.1, 0.15) is 5.82 Å². The SMILES string of the molecule is COc1cc(-c2nn3c(CSC)nnc3s2)cc(OC)c1OC. The van der Waals surface area contributed by atoms with Gasteiger partial charge in [0.15, 0.2) is 17.3 Å². The summed E-state index contributed by atoms with van der Waals surface area (Å²) in [6.45, 7) is 0. The number of fused-ring (bicyclic) bond motifs is 1. The molecule has 0 fully saturated rings. The summed E-state index contributed by atoms with van der Waals surface area (Å²) >= 11 is 3.15. The van der Waals surface area contributed by atoms with Crippen LogP contribution in [-0.4, -0.2) is 47.4 Å². The van der Waals surface area contributed by atoms with Crippen molar-refractivity contribution < 1.29 is 14.2 Å². The highest BCUT2D eigenvalue weighted by Gasteiger charge is 2.18. The van der Waals surface area contributed by atoms with Crippen LogP contribution in [0.4, 0.5) is 0 Å². The smallest absolute Gasteiger partial charge is 0.235 e. The molecule has 2 aromatic heterocycles. The Balaban J connectivity index is 2.10. The fourth-order valence-electron chi connectivity index (χ4n) is 2.20. The first kappa shape index (κ1) is 15.9. The van der Waals surface area contributed by atoms with Crippen molar-refractivity contribution in [3.63, 3.8) is 0 Å². The monoisotopic (exact) mass is 352 g/mol. The molecule has 23 heavy (non-hydrogen) atoms. The lowest BCUT2D eigenvalue weighted by Crippen LogP contribution is -1.96. The molecule has 3 aromatic rings. The Kier molecular flexibility index (Phi) is 4.58. The van der Waals surface area contributed by atoms with Crippen LogP contribution in [0, 0.1) is 0 Å². The van der Waals surface area contributed by atoms with Gasteiger partial charge in [-0.25, -0.2) is 0 Å². The molecular weight excluding hydrogens is 336 g/mol. The highest BCUT2D eigenvalue weighted by Crippen LogP contribution is 2.41. The zero-order valence-corrected chi connectivity index (χ0v) is 14.8. The number of rotatable bonds is 6. The van der Waals surface area contributed by atoms with Crippen molar-refractivity contribution in [2.24, 2.45) is 0 Å². The first-order valence-corrected chi connectivity index (χ1v) is 8.93. The molecule has 0 aliphatic heterocycles. The van der Waals surface area contributed by atoms with E-state index >= 15 is 0 Å². The van der Waals surface area contributed by atoms with Crippen LogP contribution in [0.2, 0.25) is 0 Å². The second-order valence-corrected chi connectivity index (χ2v) is 6.39. The van der Waals surface area contributed by atoms with Crippen molar-refractivity contribution in [1.29, 1.82) is 0 Å². The average Bonchev–Trinajstić information content (AvgIpc) is 3.15. The lowest BCUT2D eigenvalue weighted by Gasteiger charge is -2.13. The van der Waals surface area contributed by atoms with Gasteiger partial charge in [-0.15, -0.1) is 10.2 Å². The van der Waals surface area contributed by atoms with Gasteiger partial charge >= 0.3 is 0 Å². The first-order chi connectivity index (χ1) is 11.2. The molecule has 0 aliphatic carbocycles. The van der Waals surface area contributed by atoms with Gasteiger partial charge in [0, 0.05) is 5.56 Å². The van der Waals surface area contributed by atoms with Crippen molar-refractivity contribution in [2.45, 2.75) is 5.75 Å². The quantitative estimate of drug-likeness (QED) is 0.675. The Morgan fingerprint density at radius 2 is 1.78 bits per heavy atom. The first-order valence-electron chi connectivity index (χ1n) is 6.72. The molecule has 0 radical (unpaired) electrons. The summed E-state index contributed by atoms with van der Waals surface area (Å²) in [5.74, 6) is 3.35. The second-order valence-electron chi connectivity index (χ2n) is 4.56. The number of hydrogen-bond acceptors (Lipinski definition) is 8. The van der Waals surface area contributed by atoms with Crippen LogP contribution in [0.15, 0.2) is 12.1 Å². The van der Waals surface area contributed by atoms with Crippen molar-refractivity contribution in [2.75, 3.05) is 27.6 Å². The van der Waals surface area contributed by atoms with E-state index in [1.165, 1.54) is 11.3 Å². The maximum atomic E-state index is 5.39. The van der Waals surface area contributed by atoms with Gasteiger partial charge in [-0.1, -0.05) is 11.3 Å². The zero-order chi connectivity index (χ0) is 16.4. The summed E-state index contributed by atoms with van der Waals surface area (Å²) in [6.07, 6.45) is 2.02. The maximum Gasteiger partial charge on any atom is 0.235 e. The second kappa shape index (κ2) is 6.63. The van der Waals surface area contributed by atoms with Crippen LogP contribution in [0.3, 0.4) is 0 Å². The Bertz CT molecular complexity index is 806. The van der Waals surface area contributed by atoms with E-state index in [4.69, 9.17) is 14.2 Å². The van der Waals surface area contributed by atoms with E-state index in [2.05, 4.69) is 15.3 Å². The molecule has 0 saturated heterocycles. The molecule has 0 atom stereocenters. The van der Waals surface area contributed by atoms with E-state index in [1.807, 2.05) is 18.4 Å². The van der Waals surface area contributed by atoms with Crippen LogP contribution in [0.5, 0.6) is 17.2 Å². The molecule has 0 bridgehead atoms. The standard InChI is InChI=1S/C14H16N4O3S2/c1-19-9-5-8(6-10(20-2)12(9)21-3)13-17-18-11(7-22-4)15-16-14(18)23-13/h5-6H,7H2,1-4H3. The number of methoxy groups -OCH3 is 3. The molecule has 0 spiro atoms. The van der Waals surface area contributed by atoms with Gasteiger partial charge in [0.1, 0.15) is 5.01 Å². The minimum atomic E-state index is 0.560. The van der Waals surface area contributed by atoms with Crippen molar-refractivity contribution in [1.82, 2.24) is 19.8 Å². The van der Waals surface area contributed by atoms with Crippen molar-refractivity contribution >= 4 is 28.1 Å². The molecule has 0 unspecified atom stereocenters. The summed E-state index contributed by atoms with van der Waals surface area (Å²) in [7, 11) is 4.77. The number of ether oxygens (including phenoxy) is 3. The Morgan fingerprint density at radius 3 is 2.35 bits per heavy atom. The summed E-state index contributed by atoms with van der Waals surface area (Å²) in [4.78, 5) is 0.762. The van der Waals surface area contributed by atoms with E-state index in [-0.39, 0.29) is 0 Å². The van der Waals surface area contributed by atoms with E-state index in [0.29, 0.717) is 17.2 Å². The lowest BCUT2D eigenvalue weighted by atomic mass is 10.2. The highest BCUT2D eigenvalue weighted by molar-refractivity contribution is 7.97. The summed E-state index contributed by atoms with van der Waals surface area (Å²) in [5.41, 5.74) is 0.880. The summed E-state index contributed by atoms with van der Waals surface area (Å²) in [5, 5.41) is 13.7. The van der Waals surface area contributed by atoms with Crippen molar-refractivity contribution in [3.05, 3.63) is 18.0 Å². The third-order valence-corrected chi connectivity index (χ3v) is 4.74. The number of aromatic nitrogens is 4. The average molecular weight is 352 g/mol. The van der Waals surface area contributed by atoms with Gasteiger partial charge in [-0.3, -0.25) is 0 Å². The van der Waals surface area contributed by atoms with Crippen LogP contribution in [0.25, 0.3) is 15.5 Å². The molecule has 3 rings (SSSR count). The molecule has 0 saturated carbocycles. The molecule has 2 heterocycles. The Hall–Kier alpha value is -2.00. The number of benzene rings is 1. The van der Waals surface area contributed by atoms with Crippen LogP contribution in [-0.2, 0) is 5.75 Å². The predicted molar refractivity (Wildman–Crippen MR) is 91.0 cm³/mol. The third-order valence-electron chi connectivity index (χ3n) is 3.24. The van der Waals surface area contributed by atoms with Gasteiger partial charge < -0.3 is 14.2 Å². The van der Waals surface area contributed by atoms with Gasteiger partial charge in [-0.05, 0) is 18.4 Å². The van der Waals surface area contributed by atoms with E-state index in [1.54, 1.807) is 37.6 Å². The maximum absolute atomic E-state index is 5.39. The molecule has 122 valence electrons. The minimum absolute atomic E-state index is 0.560. The molecule has 9 heteroatoms. The molecule has 0 N–H and O–H groups in total. The van der Waals surface area contributed by atoms with Crippen LogP contribution < -0.4 is 14.2 Å². The zero-order valence-electron chi connectivity index (χ0n) is 13.2.